The Morgan fingerprint density at radius 3 is 2.24 bits per heavy atom. The van der Waals surface area contributed by atoms with Crippen molar-refractivity contribution in [3.05, 3.63) is 66.5 Å². The lowest BCUT2D eigenvalue weighted by atomic mass is 10.2. The zero-order chi connectivity index (χ0) is 26.6. The van der Waals surface area contributed by atoms with E-state index in [2.05, 4.69) is 29.9 Å². The van der Waals surface area contributed by atoms with Crippen molar-refractivity contribution in [3.63, 3.8) is 0 Å². The average Bonchev–Trinajstić information content (AvgIpc) is 3.32. The third-order valence-corrected chi connectivity index (χ3v) is 7.40. The number of rotatable bonds is 10. The minimum Gasteiger partial charge on any atom is -0.494 e. The number of pyridine rings is 1. The molecule has 0 radical (unpaired) electrons. The van der Waals surface area contributed by atoms with Crippen LogP contribution in [0.25, 0.3) is 17.1 Å². The van der Waals surface area contributed by atoms with E-state index < -0.39 is 21.4 Å². The molecule has 4 rings (SSSR count). The second-order valence-electron chi connectivity index (χ2n) is 8.03. The van der Waals surface area contributed by atoms with Crippen LogP contribution in [0.5, 0.6) is 11.5 Å². The lowest BCUT2D eigenvalue weighted by molar-refractivity contribution is 0.0985. The zero-order valence-electron chi connectivity index (χ0n) is 21.0. The first-order valence-electron chi connectivity index (χ1n) is 11.2. The summed E-state index contributed by atoms with van der Waals surface area (Å²) in [5.74, 6) is 1.09. The van der Waals surface area contributed by atoms with Gasteiger partial charge >= 0.3 is 0 Å². The van der Waals surface area contributed by atoms with Gasteiger partial charge in [0.25, 0.3) is 0 Å². The molecule has 0 aliphatic carbocycles. The molecule has 3 heterocycles. The molecule has 4 aromatic rings. The van der Waals surface area contributed by atoms with Gasteiger partial charge in [0.15, 0.2) is 5.82 Å². The summed E-state index contributed by atoms with van der Waals surface area (Å²) in [5.41, 5.74) is 2.10. The minimum absolute atomic E-state index is 0.0710. The summed E-state index contributed by atoms with van der Waals surface area (Å²) in [6.07, 6.45) is 5.38. The van der Waals surface area contributed by atoms with Crippen molar-refractivity contribution in [1.29, 1.82) is 0 Å². The van der Waals surface area contributed by atoms with E-state index in [1.165, 1.54) is 39.0 Å². The number of hydrogen-bond acceptors (Lipinski definition) is 10. The van der Waals surface area contributed by atoms with Crippen LogP contribution in [0, 0.1) is 6.92 Å². The number of aromatic nitrogens is 6. The van der Waals surface area contributed by atoms with E-state index in [-0.39, 0.29) is 5.95 Å². The monoisotopic (exact) mass is 525 g/mol. The number of nitrogens with zero attached hydrogens (tertiary/aromatic N) is 6. The van der Waals surface area contributed by atoms with Crippen LogP contribution in [0.4, 0.5) is 5.95 Å². The molecule has 1 N–H and O–H groups in total. The van der Waals surface area contributed by atoms with Gasteiger partial charge in [-0.3, -0.25) is 24.2 Å². The van der Waals surface area contributed by atoms with Crippen LogP contribution in [-0.2, 0) is 14.8 Å². The fourth-order valence-corrected chi connectivity index (χ4v) is 4.93. The quantitative estimate of drug-likeness (QED) is 0.328. The standard InChI is InChI=1S/C24H27N7O5S/c1-15-12-27-18(14-26-15)22(36-5)16(2)37(32,33)30-24-29-28-23(17-8-7-11-25-13-17)31(24)21-19(34-3)9-6-10-20(21)35-4/h6-14,16,22H,1-5H3,(H,29,30)/t16-,22-/m1/s1. The van der Waals surface area contributed by atoms with E-state index in [1.807, 2.05) is 0 Å². The molecule has 0 saturated heterocycles. The first kappa shape index (κ1) is 26.0. The highest BCUT2D eigenvalue weighted by Crippen LogP contribution is 2.38. The molecule has 0 aliphatic heterocycles. The summed E-state index contributed by atoms with van der Waals surface area (Å²) in [7, 11) is 0.341. The van der Waals surface area contributed by atoms with Crippen LogP contribution in [0.2, 0.25) is 0 Å². The van der Waals surface area contributed by atoms with E-state index in [0.29, 0.717) is 40.0 Å². The predicted octanol–water partition coefficient (Wildman–Crippen LogP) is 2.96. The number of anilines is 1. The molecule has 0 spiro atoms. The summed E-state index contributed by atoms with van der Waals surface area (Å²) in [6.45, 7) is 3.31. The number of para-hydroxylation sites is 1. The number of nitrogens with one attached hydrogen (secondary N) is 1. The van der Waals surface area contributed by atoms with E-state index in [0.717, 1.165) is 0 Å². The van der Waals surface area contributed by atoms with Crippen molar-refractivity contribution in [2.45, 2.75) is 25.2 Å². The SMILES string of the molecule is COc1cccc(OC)c1-n1c(NS(=O)(=O)[C@H](C)[C@@H](OC)c2cnc(C)cn2)nnc1-c1cccnc1. The van der Waals surface area contributed by atoms with Gasteiger partial charge in [0.05, 0.1) is 31.8 Å². The van der Waals surface area contributed by atoms with Crippen LogP contribution in [0.1, 0.15) is 24.4 Å². The largest absolute Gasteiger partial charge is 0.494 e. The highest BCUT2D eigenvalue weighted by Gasteiger charge is 2.34. The summed E-state index contributed by atoms with van der Waals surface area (Å²) >= 11 is 0. The molecule has 194 valence electrons. The molecule has 0 fully saturated rings. The Labute approximate surface area is 214 Å². The van der Waals surface area contributed by atoms with Gasteiger partial charge in [0.2, 0.25) is 16.0 Å². The molecular formula is C24H27N7O5S. The van der Waals surface area contributed by atoms with Crippen molar-refractivity contribution in [3.8, 4) is 28.6 Å². The topological polar surface area (TPSA) is 143 Å². The molecule has 0 aliphatic rings. The molecular weight excluding hydrogens is 498 g/mol. The third-order valence-electron chi connectivity index (χ3n) is 5.70. The molecule has 0 unspecified atom stereocenters. The van der Waals surface area contributed by atoms with Crippen molar-refractivity contribution in [1.82, 2.24) is 29.7 Å². The Kier molecular flexibility index (Phi) is 7.64. The number of sulfonamides is 1. The maximum Gasteiger partial charge on any atom is 0.243 e. The van der Waals surface area contributed by atoms with Crippen LogP contribution in [-0.4, -0.2) is 64.7 Å². The van der Waals surface area contributed by atoms with Gasteiger partial charge in [-0.15, -0.1) is 10.2 Å². The van der Waals surface area contributed by atoms with E-state index in [9.17, 15) is 8.42 Å². The van der Waals surface area contributed by atoms with Gasteiger partial charge < -0.3 is 14.2 Å². The molecule has 2 atom stereocenters. The van der Waals surface area contributed by atoms with Crippen LogP contribution in [0.3, 0.4) is 0 Å². The van der Waals surface area contributed by atoms with Gasteiger partial charge in [-0.2, -0.15) is 0 Å². The summed E-state index contributed by atoms with van der Waals surface area (Å²) in [4.78, 5) is 12.7. The van der Waals surface area contributed by atoms with Crippen LogP contribution >= 0.6 is 0 Å². The normalized spacial score (nSPS) is 13.1. The highest BCUT2D eigenvalue weighted by atomic mass is 32.2. The van der Waals surface area contributed by atoms with Gasteiger partial charge in [0.1, 0.15) is 28.5 Å². The fourth-order valence-electron chi connectivity index (χ4n) is 3.78. The summed E-state index contributed by atoms with van der Waals surface area (Å²) in [5, 5.41) is 7.37. The average molecular weight is 526 g/mol. The van der Waals surface area contributed by atoms with E-state index >= 15 is 0 Å². The van der Waals surface area contributed by atoms with Crippen molar-refractivity contribution >= 4 is 16.0 Å². The molecule has 0 bridgehead atoms. The number of benzene rings is 1. The zero-order valence-corrected chi connectivity index (χ0v) is 21.8. The molecule has 12 nitrogen and oxygen atoms in total. The highest BCUT2D eigenvalue weighted by molar-refractivity contribution is 7.93. The van der Waals surface area contributed by atoms with Gasteiger partial charge in [-0.25, -0.2) is 8.42 Å². The Balaban J connectivity index is 1.83. The van der Waals surface area contributed by atoms with Crippen molar-refractivity contribution in [2.24, 2.45) is 0 Å². The first-order valence-corrected chi connectivity index (χ1v) is 12.8. The smallest absolute Gasteiger partial charge is 0.243 e. The number of aryl methyl sites for hydroxylation is 1. The Hall–Kier alpha value is -4.10. The van der Waals surface area contributed by atoms with Crippen LogP contribution in [0.15, 0.2) is 55.1 Å². The number of hydrogen-bond donors (Lipinski definition) is 1. The van der Waals surface area contributed by atoms with Gasteiger partial charge in [0, 0.05) is 31.3 Å². The fraction of sp³-hybridized carbons (Fsp3) is 0.292. The van der Waals surface area contributed by atoms with Gasteiger partial charge in [-0.1, -0.05) is 6.07 Å². The lowest BCUT2D eigenvalue weighted by Crippen LogP contribution is -2.33. The Morgan fingerprint density at radius 2 is 1.68 bits per heavy atom. The molecule has 1 aromatic carbocycles. The van der Waals surface area contributed by atoms with Crippen LogP contribution < -0.4 is 14.2 Å². The Morgan fingerprint density at radius 1 is 0.946 bits per heavy atom. The maximum atomic E-state index is 13.6. The first-order chi connectivity index (χ1) is 17.8. The maximum absolute atomic E-state index is 13.6. The predicted molar refractivity (Wildman–Crippen MR) is 136 cm³/mol. The van der Waals surface area contributed by atoms with Gasteiger partial charge in [-0.05, 0) is 38.1 Å². The molecule has 0 saturated carbocycles. The molecule has 37 heavy (non-hydrogen) atoms. The molecule has 3 aromatic heterocycles. The van der Waals surface area contributed by atoms with E-state index in [1.54, 1.807) is 55.8 Å². The minimum atomic E-state index is -4.08. The molecule has 13 heteroatoms. The third kappa shape index (κ3) is 5.22. The summed E-state index contributed by atoms with van der Waals surface area (Å²) < 4.78 is 47.9. The van der Waals surface area contributed by atoms with Crippen molar-refractivity contribution < 1.29 is 22.6 Å². The van der Waals surface area contributed by atoms with E-state index in [4.69, 9.17) is 14.2 Å². The van der Waals surface area contributed by atoms with Crippen molar-refractivity contribution in [2.75, 3.05) is 26.1 Å². The number of methoxy groups -OCH3 is 3. The molecule has 0 amide bonds. The second kappa shape index (κ2) is 10.9. The summed E-state index contributed by atoms with van der Waals surface area (Å²) in [6, 6.07) is 8.73. The number of ether oxygens (including phenoxy) is 3. The lowest BCUT2D eigenvalue weighted by Gasteiger charge is -2.23. The Bertz CT molecular complexity index is 1440. The second-order valence-corrected chi connectivity index (χ2v) is 10.1.